The molecule has 360 valence electrons. The van der Waals surface area contributed by atoms with E-state index in [0.29, 0.717) is 45.7 Å². The summed E-state index contributed by atoms with van der Waals surface area (Å²) < 4.78 is 12.3. The van der Waals surface area contributed by atoms with Crippen LogP contribution in [0.4, 0.5) is 0 Å². The van der Waals surface area contributed by atoms with Gasteiger partial charge < -0.3 is 52.4 Å². The number of likely N-dealkylation sites (N-methyl/N-ethyl adjacent to an activating group) is 1. The van der Waals surface area contributed by atoms with Crippen molar-refractivity contribution >= 4 is 29.5 Å². The fraction of sp³-hybridized carbons (Fsp3) is 0.423. The van der Waals surface area contributed by atoms with Crippen LogP contribution in [0.5, 0.6) is 11.5 Å². The Morgan fingerprint density at radius 3 is 2.12 bits per heavy atom. The Bertz CT molecular complexity index is 2420. The monoisotopic (exact) mass is 928 g/mol. The van der Waals surface area contributed by atoms with Crippen LogP contribution in [-0.2, 0) is 32.0 Å². The molecule has 0 aromatic heterocycles. The first-order valence-corrected chi connectivity index (χ1v) is 23.6. The van der Waals surface area contributed by atoms with Crippen LogP contribution in [-0.4, -0.2) is 106 Å². The van der Waals surface area contributed by atoms with E-state index < -0.39 is 53.7 Å². The van der Waals surface area contributed by atoms with Crippen molar-refractivity contribution < 1.29 is 33.4 Å². The molecule has 16 heteroatoms. The molecule has 1 fully saturated rings. The van der Waals surface area contributed by atoms with E-state index >= 15 is 4.79 Å². The molecule has 5 amide bonds. The zero-order valence-electron chi connectivity index (χ0n) is 39.3. The van der Waals surface area contributed by atoms with Crippen molar-refractivity contribution in [3.63, 3.8) is 0 Å². The molecule has 6 rings (SSSR count). The highest BCUT2D eigenvalue weighted by Crippen LogP contribution is 2.40. The summed E-state index contributed by atoms with van der Waals surface area (Å²) in [7, 11) is 1.51. The minimum atomic E-state index is -1.34. The Kier molecular flexibility index (Phi) is 18.5. The summed E-state index contributed by atoms with van der Waals surface area (Å²) in [5, 5.41) is 23.7. The third kappa shape index (κ3) is 13.2. The third-order valence-electron chi connectivity index (χ3n) is 12.4. The minimum absolute atomic E-state index is 0.0215. The molecule has 4 atom stereocenters. The van der Waals surface area contributed by atoms with Gasteiger partial charge in [-0.15, -0.1) is 0 Å². The van der Waals surface area contributed by atoms with Gasteiger partial charge in [-0.05, 0) is 122 Å². The number of unbranched alkanes of at least 4 members (excludes halogenated alkanes) is 1. The number of fused-ring (bicyclic) bond motifs is 5. The van der Waals surface area contributed by atoms with E-state index in [1.54, 1.807) is 48.5 Å². The zero-order chi connectivity index (χ0) is 48.6. The lowest BCUT2D eigenvalue weighted by molar-refractivity contribution is -0.142. The van der Waals surface area contributed by atoms with Gasteiger partial charge in [0.05, 0.1) is 6.07 Å². The Labute approximate surface area is 398 Å². The predicted octanol–water partition coefficient (Wildman–Crippen LogP) is 3.91. The van der Waals surface area contributed by atoms with Crippen molar-refractivity contribution in [1.29, 1.82) is 5.26 Å². The van der Waals surface area contributed by atoms with Gasteiger partial charge in [-0.2, -0.15) is 5.26 Å². The average molecular weight is 928 g/mol. The number of benzene rings is 4. The molecule has 2 aliphatic rings. The van der Waals surface area contributed by atoms with Gasteiger partial charge in [-0.3, -0.25) is 24.0 Å². The fourth-order valence-electron chi connectivity index (χ4n) is 8.68. The lowest BCUT2D eigenvalue weighted by atomic mass is 9.89. The molecule has 0 unspecified atom stereocenters. The number of carbonyl (C=O) groups excluding carboxylic acids is 5. The van der Waals surface area contributed by atoms with Crippen LogP contribution in [0.2, 0.25) is 0 Å². The SMILES string of the molecule is CCCCc1ccc(-c2ccc(C(=O)N[C@@H](CC3CCNCC3)C(=O)N(C)[C@@H]3C(=O)N[C@@H](C)C(=O)N[C@H](C(=O)NCC#N)Cc4ccc(OCCN)c(c4)-c4cc3ccc4OCCN)cc2)cc1. The number of carbonyl (C=O) groups is 5. The van der Waals surface area contributed by atoms with Crippen LogP contribution in [0.3, 0.4) is 0 Å². The van der Waals surface area contributed by atoms with Gasteiger partial charge in [0.1, 0.15) is 55.4 Å². The molecule has 0 aliphatic carbocycles. The van der Waals surface area contributed by atoms with Gasteiger partial charge in [-0.25, -0.2) is 0 Å². The summed E-state index contributed by atoms with van der Waals surface area (Å²) in [6, 6.07) is 23.3. The number of hydrogen-bond acceptors (Lipinski definition) is 11. The van der Waals surface area contributed by atoms with E-state index in [4.69, 9.17) is 20.9 Å². The van der Waals surface area contributed by atoms with Crippen LogP contribution < -0.4 is 47.5 Å². The highest BCUT2D eigenvalue weighted by atomic mass is 16.5. The standard InChI is InChI=1S/C52H65N9O7/c1-4-5-6-34-7-10-37(11-8-34)38-12-14-39(15-13-38)49(63)60-44(30-35-19-24-56-25-20-35)52(66)61(3)47-40-16-18-46(68-28-23-55)42(32-40)41-29-36(9-17-45(41)67-27-22-54)31-43(50(64)57-26-21-53)59-48(62)33(2)58-51(47)65/h7-18,29,32-33,35,43-44,47,56H,4-6,19-20,22-28,30-31,54-55H2,1-3H3,(H,57,64)(H,58,65)(H,59,62)(H,60,63)/t33-,43-,44-,47-/m0/s1. The van der Waals surface area contributed by atoms with Crippen LogP contribution >= 0.6 is 0 Å². The van der Waals surface area contributed by atoms with Crippen molar-refractivity contribution in [2.45, 2.75) is 83.0 Å². The quantitative estimate of drug-likeness (QED) is 0.0706. The second kappa shape index (κ2) is 24.8. The van der Waals surface area contributed by atoms with E-state index in [1.807, 2.05) is 18.2 Å². The predicted molar refractivity (Wildman–Crippen MR) is 260 cm³/mol. The van der Waals surface area contributed by atoms with E-state index in [0.717, 1.165) is 56.3 Å². The van der Waals surface area contributed by atoms with Gasteiger partial charge in [0, 0.05) is 43.2 Å². The van der Waals surface area contributed by atoms with Gasteiger partial charge in [0.25, 0.3) is 5.91 Å². The summed E-state index contributed by atoms with van der Waals surface area (Å²) in [6.45, 7) is 5.64. The number of hydrogen-bond donors (Lipinski definition) is 7. The summed E-state index contributed by atoms with van der Waals surface area (Å²) in [5.74, 6) is -1.97. The van der Waals surface area contributed by atoms with E-state index in [1.165, 1.54) is 24.4 Å². The summed E-state index contributed by atoms with van der Waals surface area (Å²) in [6.07, 6.45) is 5.21. The molecule has 0 radical (unpaired) electrons. The van der Waals surface area contributed by atoms with Crippen molar-refractivity contribution in [2.75, 3.05) is 53.0 Å². The summed E-state index contributed by atoms with van der Waals surface area (Å²) >= 11 is 0. The number of nitrogens with zero attached hydrogens (tertiary/aromatic N) is 2. The first-order chi connectivity index (χ1) is 32.9. The molecule has 2 heterocycles. The topological polar surface area (TPSA) is 243 Å². The molecule has 68 heavy (non-hydrogen) atoms. The number of nitrogens with two attached hydrogens (primary N) is 2. The maximum absolute atomic E-state index is 15.1. The molecule has 4 bridgehead atoms. The average Bonchev–Trinajstić information content (AvgIpc) is 3.35. The molecule has 4 aromatic rings. The second-order valence-electron chi connectivity index (χ2n) is 17.4. The first kappa shape index (κ1) is 50.6. The highest BCUT2D eigenvalue weighted by molar-refractivity contribution is 5.99. The van der Waals surface area contributed by atoms with Crippen molar-refractivity contribution in [3.8, 4) is 39.8 Å². The third-order valence-corrected chi connectivity index (χ3v) is 12.4. The molecule has 4 aromatic carbocycles. The molecule has 9 N–H and O–H groups in total. The Balaban J connectivity index is 1.39. The Hall–Kier alpha value is -6.80. The smallest absolute Gasteiger partial charge is 0.251 e. The maximum Gasteiger partial charge on any atom is 0.251 e. The molecule has 2 aliphatic heterocycles. The lowest BCUT2D eigenvalue weighted by Crippen LogP contribution is -2.56. The molecule has 16 nitrogen and oxygen atoms in total. The largest absolute Gasteiger partial charge is 0.492 e. The maximum atomic E-state index is 15.1. The van der Waals surface area contributed by atoms with Gasteiger partial charge in [0.15, 0.2) is 0 Å². The summed E-state index contributed by atoms with van der Waals surface area (Å²) in [5.41, 5.74) is 17.4. The molecular formula is C52H65N9O7. The molecule has 1 saturated heterocycles. The molecular weight excluding hydrogens is 863 g/mol. The number of rotatable bonds is 18. The molecule has 0 spiro atoms. The summed E-state index contributed by atoms with van der Waals surface area (Å²) in [4.78, 5) is 72.6. The van der Waals surface area contributed by atoms with Crippen molar-refractivity contribution in [3.05, 3.63) is 107 Å². The van der Waals surface area contributed by atoms with Crippen LogP contribution in [0.25, 0.3) is 22.3 Å². The van der Waals surface area contributed by atoms with E-state index in [-0.39, 0.29) is 45.2 Å². The van der Waals surface area contributed by atoms with Gasteiger partial charge in [-0.1, -0.05) is 61.9 Å². The number of nitriles is 1. The normalized spacial score (nSPS) is 17.9. The Morgan fingerprint density at radius 2 is 1.49 bits per heavy atom. The van der Waals surface area contributed by atoms with E-state index in [2.05, 4.69) is 57.8 Å². The van der Waals surface area contributed by atoms with Crippen molar-refractivity contribution in [2.24, 2.45) is 17.4 Å². The Morgan fingerprint density at radius 1 is 0.853 bits per heavy atom. The first-order valence-electron chi connectivity index (χ1n) is 23.6. The van der Waals surface area contributed by atoms with E-state index in [9.17, 15) is 24.4 Å². The number of ether oxygens (including phenoxy) is 2. The van der Waals surface area contributed by atoms with Gasteiger partial charge >= 0.3 is 0 Å². The van der Waals surface area contributed by atoms with Crippen LogP contribution in [0.15, 0.2) is 84.9 Å². The van der Waals surface area contributed by atoms with Crippen LogP contribution in [0.1, 0.15) is 79.0 Å². The lowest BCUT2D eigenvalue weighted by Gasteiger charge is -2.34. The number of nitrogens with one attached hydrogen (secondary N) is 5. The number of amides is 5. The van der Waals surface area contributed by atoms with Gasteiger partial charge in [0.2, 0.25) is 23.6 Å². The number of aryl methyl sites for hydroxylation is 1. The van der Waals surface area contributed by atoms with Crippen LogP contribution in [0, 0.1) is 17.2 Å². The minimum Gasteiger partial charge on any atom is -0.492 e. The highest BCUT2D eigenvalue weighted by Gasteiger charge is 2.37. The van der Waals surface area contributed by atoms with Crippen molar-refractivity contribution in [1.82, 2.24) is 31.5 Å². The zero-order valence-corrected chi connectivity index (χ0v) is 39.3. The fourth-order valence-corrected chi connectivity index (χ4v) is 8.68. The number of piperidine rings is 1. The molecule has 0 saturated carbocycles. The second-order valence-corrected chi connectivity index (χ2v) is 17.4.